The second kappa shape index (κ2) is 13.6. The molecule has 1 atom stereocenters. The summed E-state index contributed by atoms with van der Waals surface area (Å²) in [5, 5.41) is 13.4. The molecule has 1 saturated carbocycles. The summed E-state index contributed by atoms with van der Waals surface area (Å²) in [6.45, 7) is 5.45. The second-order valence-corrected chi connectivity index (χ2v) is 14.8. The van der Waals surface area contributed by atoms with Gasteiger partial charge in [-0.05, 0) is 68.5 Å². The summed E-state index contributed by atoms with van der Waals surface area (Å²) < 4.78 is 4.74. The fourth-order valence-electron chi connectivity index (χ4n) is 8.25. The minimum atomic E-state index is -0.692. The van der Waals surface area contributed by atoms with Gasteiger partial charge in [-0.15, -0.1) is 0 Å². The number of carbonyl (C=O) groups is 3. The zero-order chi connectivity index (χ0) is 37.1. The summed E-state index contributed by atoms with van der Waals surface area (Å²) in [4.78, 5) is 67.3. The molecule has 16 nitrogen and oxygen atoms in total. The molecular weight excluding hydrogens is 688 g/mol. The smallest absolute Gasteiger partial charge is 0.329 e. The van der Waals surface area contributed by atoms with E-state index in [4.69, 9.17) is 10.1 Å². The normalized spacial score (nSPS) is 20.1. The lowest BCUT2D eigenvalue weighted by molar-refractivity contribution is -0.135. The first-order valence-electron chi connectivity index (χ1n) is 18.9. The van der Waals surface area contributed by atoms with Gasteiger partial charge in [-0.1, -0.05) is 6.07 Å². The Kier molecular flexibility index (Phi) is 8.55. The van der Waals surface area contributed by atoms with E-state index in [0.717, 1.165) is 93.4 Å². The molecule has 16 heteroatoms. The van der Waals surface area contributed by atoms with Crippen LogP contribution in [0.1, 0.15) is 55.1 Å². The summed E-state index contributed by atoms with van der Waals surface area (Å²) in [7, 11) is 3.57. The first kappa shape index (κ1) is 34.0. The molecule has 3 amide bonds. The fourth-order valence-corrected chi connectivity index (χ4v) is 8.25. The van der Waals surface area contributed by atoms with Crippen molar-refractivity contribution in [3.63, 3.8) is 0 Å². The van der Waals surface area contributed by atoms with Gasteiger partial charge in [0.05, 0.1) is 28.6 Å². The van der Waals surface area contributed by atoms with Crippen LogP contribution < -0.4 is 31.4 Å². The number of benzene rings is 1. The zero-order valence-corrected chi connectivity index (χ0v) is 30.5. The number of hydrogen-bond donors (Lipinski definition) is 3. The minimum Gasteiger partial charge on any atom is -0.385 e. The van der Waals surface area contributed by atoms with E-state index in [1.165, 1.54) is 4.57 Å². The number of aromatic nitrogens is 6. The van der Waals surface area contributed by atoms with Gasteiger partial charge in [-0.25, -0.2) is 19.3 Å². The van der Waals surface area contributed by atoms with Gasteiger partial charge in [0.25, 0.3) is 5.91 Å². The number of hydrogen-bond acceptors (Lipinski definition) is 11. The topological polar surface area (TPSA) is 167 Å². The number of nitrogens with zero attached hydrogens (tertiary/aromatic N) is 9. The third kappa shape index (κ3) is 6.13. The van der Waals surface area contributed by atoms with E-state index in [9.17, 15) is 19.2 Å². The van der Waals surface area contributed by atoms with Gasteiger partial charge < -0.3 is 20.4 Å². The fraction of sp³-hybridized carbons (Fsp3) is 0.447. The van der Waals surface area contributed by atoms with Crippen LogP contribution in [-0.2, 0) is 16.6 Å². The van der Waals surface area contributed by atoms with Crippen molar-refractivity contribution >= 4 is 51.6 Å². The predicted molar refractivity (Wildman–Crippen MR) is 204 cm³/mol. The molecule has 1 aliphatic carbocycles. The lowest BCUT2D eigenvalue weighted by Gasteiger charge is -2.43. The van der Waals surface area contributed by atoms with Gasteiger partial charge in [0.2, 0.25) is 11.8 Å². The molecule has 0 radical (unpaired) electrons. The summed E-state index contributed by atoms with van der Waals surface area (Å²) in [5.74, 6) is 0.0133. The molecule has 5 aromatic rings. The molecular formula is C38H44N12O4. The predicted octanol–water partition coefficient (Wildman–Crippen LogP) is 2.15. The second-order valence-electron chi connectivity index (χ2n) is 14.8. The van der Waals surface area contributed by atoms with E-state index in [2.05, 4.69) is 35.6 Å². The number of imidazole rings is 2. The SMILES string of the molecule is CNc1cc(-c2cccc(N3CCN(C4CCN(c5ccc6c(c5)n(C)c(=O)n6C5CCC(=O)NC5=O)CC4)CC3)n2)nn2c(C(=O)NC3CC3)cnc12. The van der Waals surface area contributed by atoms with Gasteiger partial charge in [-0.2, -0.15) is 5.10 Å². The van der Waals surface area contributed by atoms with Crippen LogP contribution in [0.25, 0.3) is 28.1 Å². The van der Waals surface area contributed by atoms with Crippen molar-refractivity contribution in [2.45, 2.75) is 56.7 Å². The number of fused-ring (bicyclic) bond motifs is 2. The molecule has 54 heavy (non-hydrogen) atoms. The Balaban J connectivity index is 0.842. The highest BCUT2D eigenvalue weighted by Gasteiger charge is 2.33. The number of imide groups is 1. The Labute approximate surface area is 311 Å². The molecule has 0 bridgehead atoms. The maximum Gasteiger partial charge on any atom is 0.329 e. The summed E-state index contributed by atoms with van der Waals surface area (Å²) in [5.41, 5.74) is 5.45. The molecule has 1 aromatic carbocycles. The highest BCUT2D eigenvalue weighted by Crippen LogP contribution is 2.30. The molecule has 3 aliphatic heterocycles. The molecule has 3 saturated heterocycles. The minimum absolute atomic E-state index is 0.171. The highest BCUT2D eigenvalue weighted by molar-refractivity contribution is 6.00. The van der Waals surface area contributed by atoms with Crippen molar-refractivity contribution in [1.29, 1.82) is 0 Å². The number of carbonyl (C=O) groups excluding carboxylic acids is 3. The van der Waals surface area contributed by atoms with Crippen LogP contribution in [0.5, 0.6) is 0 Å². The molecule has 280 valence electrons. The highest BCUT2D eigenvalue weighted by atomic mass is 16.2. The molecule has 1 unspecified atom stereocenters. The van der Waals surface area contributed by atoms with Crippen molar-refractivity contribution in [1.82, 2.24) is 44.2 Å². The van der Waals surface area contributed by atoms with Crippen molar-refractivity contribution in [3.05, 3.63) is 64.8 Å². The van der Waals surface area contributed by atoms with Gasteiger partial charge in [0, 0.05) is 77.6 Å². The summed E-state index contributed by atoms with van der Waals surface area (Å²) in [6, 6.07) is 14.0. The first-order valence-corrected chi connectivity index (χ1v) is 18.9. The van der Waals surface area contributed by atoms with E-state index in [1.807, 2.05) is 49.5 Å². The number of aryl methyl sites for hydroxylation is 1. The van der Waals surface area contributed by atoms with Crippen LogP contribution in [0, 0.1) is 0 Å². The molecule has 7 heterocycles. The molecule has 0 spiro atoms. The third-order valence-electron chi connectivity index (χ3n) is 11.5. The number of anilines is 3. The van der Waals surface area contributed by atoms with Crippen molar-refractivity contribution in [3.8, 4) is 11.4 Å². The van der Waals surface area contributed by atoms with Crippen LogP contribution in [-0.4, -0.2) is 110 Å². The van der Waals surface area contributed by atoms with E-state index in [1.54, 1.807) is 22.3 Å². The zero-order valence-electron chi connectivity index (χ0n) is 30.5. The third-order valence-corrected chi connectivity index (χ3v) is 11.5. The monoisotopic (exact) mass is 732 g/mol. The lowest BCUT2D eigenvalue weighted by Crippen LogP contribution is -2.53. The number of pyridine rings is 1. The van der Waals surface area contributed by atoms with Crippen molar-refractivity contribution in [2.75, 3.05) is 61.4 Å². The lowest BCUT2D eigenvalue weighted by atomic mass is 10.0. The molecule has 3 N–H and O–H groups in total. The molecule has 4 aromatic heterocycles. The van der Waals surface area contributed by atoms with Crippen LogP contribution in [0.3, 0.4) is 0 Å². The maximum atomic E-state index is 13.2. The summed E-state index contributed by atoms with van der Waals surface area (Å²) in [6.07, 6.45) is 6.20. The van der Waals surface area contributed by atoms with Crippen LogP contribution in [0.4, 0.5) is 17.2 Å². The Hall–Kier alpha value is -5.77. The number of piperidine rings is 2. The van der Waals surface area contributed by atoms with Gasteiger partial charge in [-0.3, -0.25) is 33.7 Å². The van der Waals surface area contributed by atoms with Crippen molar-refractivity contribution in [2.24, 2.45) is 7.05 Å². The number of piperazine rings is 1. The Morgan fingerprint density at radius 2 is 1.67 bits per heavy atom. The molecule has 9 rings (SSSR count). The number of nitrogens with one attached hydrogen (secondary N) is 3. The maximum absolute atomic E-state index is 13.2. The Bertz CT molecular complexity index is 2340. The molecule has 4 aliphatic rings. The molecule has 4 fully saturated rings. The number of amides is 3. The van der Waals surface area contributed by atoms with Crippen LogP contribution >= 0.6 is 0 Å². The largest absolute Gasteiger partial charge is 0.385 e. The van der Waals surface area contributed by atoms with Gasteiger partial charge in [0.1, 0.15) is 17.6 Å². The van der Waals surface area contributed by atoms with E-state index >= 15 is 0 Å². The average Bonchev–Trinajstić information content (AvgIpc) is 3.85. The van der Waals surface area contributed by atoms with Gasteiger partial charge in [0.15, 0.2) is 11.3 Å². The van der Waals surface area contributed by atoms with Crippen LogP contribution in [0.2, 0.25) is 0 Å². The van der Waals surface area contributed by atoms with E-state index < -0.39 is 11.9 Å². The Morgan fingerprint density at radius 3 is 2.41 bits per heavy atom. The number of rotatable bonds is 8. The van der Waals surface area contributed by atoms with E-state index in [-0.39, 0.29) is 30.0 Å². The van der Waals surface area contributed by atoms with Gasteiger partial charge >= 0.3 is 5.69 Å². The summed E-state index contributed by atoms with van der Waals surface area (Å²) >= 11 is 0. The quantitative estimate of drug-likeness (QED) is 0.200. The van der Waals surface area contributed by atoms with E-state index in [0.29, 0.717) is 35.0 Å². The average molecular weight is 733 g/mol. The Morgan fingerprint density at radius 1 is 0.870 bits per heavy atom. The van der Waals surface area contributed by atoms with Crippen LogP contribution in [0.15, 0.2) is 53.5 Å². The van der Waals surface area contributed by atoms with Crippen molar-refractivity contribution < 1.29 is 14.4 Å². The standard InChI is InChI=1S/C38H44N12O4/c1-39-28-21-27(44-50-32(22-40-35(28)50)37(53)41-23-6-7-23)26-4-3-5-33(42-26)48-18-16-47(17-19-48)24-12-14-46(15-13-24)25-8-9-29-31(20-25)45(2)38(54)49(29)30-10-11-34(51)43-36(30)52/h3-5,8-9,20-24,30,39H,6-7,10-19H2,1-2H3,(H,41,53)(H,43,51,52). The first-order chi connectivity index (χ1) is 26.2.